The molecule has 2 heterocycles. The molecule has 7 heteroatoms. The maximum absolute atomic E-state index is 14.3. The minimum absolute atomic E-state index is 0.0382. The first-order chi connectivity index (χ1) is 16.5. The molecule has 2 aromatic rings. The highest BCUT2D eigenvalue weighted by Crippen LogP contribution is 2.62. The monoisotopic (exact) mass is 455 g/mol. The lowest BCUT2D eigenvalue weighted by Gasteiger charge is -2.45. The predicted octanol–water partition coefficient (Wildman–Crippen LogP) is 2.92. The zero-order valence-electron chi connectivity index (χ0n) is 19.5. The largest absolute Gasteiger partial charge is 0.381 e. The van der Waals surface area contributed by atoms with Crippen LogP contribution in [0.5, 0.6) is 0 Å². The summed E-state index contributed by atoms with van der Waals surface area (Å²) in [4.78, 5) is 21.0. The number of hydrogen-bond donors (Lipinski definition) is 1. The van der Waals surface area contributed by atoms with Crippen LogP contribution in [0.25, 0.3) is 0 Å². The normalized spacial score (nSPS) is 29.8. The summed E-state index contributed by atoms with van der Waals surface area (Å²) in [5, 5.41) is 7.80. The predicted molar refractivity (Wildman–Crippen MR) is 127 cm³/mol. The van der Waals surface area contributed by atoms with Gasteiger partial charge in [-0.1, -0.05) is 17.9 Å². The quantitative estimate of drug-likeness (QED) is 0.719. The molecule has 2 N–H and O–H groups in total. The maximum Gasteiger partial charge on any atom is 0.262 e. The number of ether oxygens (including phenoxy) is 1. The number of fused-ring (bicyclic) bond motifs is 3. The summed E-state index contributed by atoms with van der Waals surface area (Å²) in [6, 6.07) is 8.20. The Kier molecular flexibility index (Phi) is 4.96. The summed E-state index contributed by atoms with van der Waals surface area (Å²) >= 11 is 0. The Hall–Kier alpha value is -3.24. The van der Waals surface area contributed by atoms with Crippen LogP contribution in [-0.2, 0) is 28.0 Å². The summed E-state index contributed by atoms with van der Waals surface area (Å²) in [7, 11) is 1.77. The van der Waals surface area contributed by atoms with E-state index in [0.29, 0.717) is 12.5 Å². The number of rotatable bonds is 3. The number of nitrogens with two attached hydrogens (primary N) is 1. The molecule has 2 saturated carbocycles. The van der Waals surface area contributed by atoms with Crippen LogP contribution in [0, 0.1) is 23.2 Å². The molecule has 1 amide bonds. The first-order valence-electron chi connectivity index (χ1n) is 12.2. The van der Waals surface area contributed by atoms with Crippen molar-refractivity contribution in [2.24, 2.45) is 22.1 Å². The molecule has 6 rings (SSSR count). The van der Waals surface area contributed by atoms with Crippen molar-refractivity contribution in [2.75, 3.05) is 7.11 Å². The van der Waals surface area contributed by atoms with Gasteiger partial charge in [0, 0.05) is 30.2 Å². The van der Waals surface area contributed by atoms with E-state index in [0.717, 1.165) is 48.8 Å². The summed E-state index contributed by atoms with van der Waals surface area (Å²) in [6.45, 7) is 0.332. The molecule has 1 atom stereocenters. The average molecular weight is 456 g/mol. The van der Waals surface area contributed by atoms with E-state index in [2.05, 4.69) is 40.2 Å². The highest BCUT2D eigenvalue weighted by molar-refractivity contribution is 6.08. The zero-order valence-corrected chi connectivity index (χ0v) is 19.5. The SMILES string of the molecule is COC1CCC2(CC1)Cc1ccc(C#CC3CC3)cc1C21N=C(N)N(Cc2ccnnc2)C1=O. The Morgan fingerprint density at radius 1 is 1.18 bits per heavy atom. The molecule has 1 aliphatic heterocycles. The minimum Gasteiger partial charge on any atom is -0.381 e. The van der Waals surface area contributed by atoms with Crippen LogP contribution in [0.3, 0.4) is 0 Å². The number of carbonyl (C=O) groups is 1. The van der Waals surface area contributed by atoms with Crippen molar-refractivity contribution in [3.63, 3.8) is 0 Å². The van der Waals surface area contributed by atoms with Crippen LogP contribution < -0.4 is 5.73 Å². The number of methoxy groups -OCH3 is 1. The summed E-state index contributed by atoms with van der Waals surface area (Å²) in [6.07, 6.45) is 10.3. The minimum atomic E-state index is -1.01. The Labute approximate surface area is 199 Å². The second kappa shape index (κ2) is 7.92. The molecule has 4 aliphatic rings. The fourth-order valence-electron chi connectivity index (χ4n) is 6.10. The maximum atomic E-state index is 14.3. The van der Waals surface area contributed by atoms with E-state index in [9.17, 15) is 4.79 Å². The van der Waals surface area contributed by atoms with Gasteiger partial charge >= 0.3 is 0 Å². The van der Waals surface area contributed by atoms with Crippen molar-refractivity contribution in [1.82, 2.24) is 15.1 Å². The molecule has 7 nitrogen and oxygen atoms in total. The van der Waals surface area contributed by atoms with Crippen molar-refractivity contribution in [2.45, 2.75) is 63.1 Å². The van der Waals surface area contributed by atoms with E-state index in [4.69, 9.17) is 15.5 Å². The number of aromatic nitrogens is 2. The number of carbonyl (C=O) groups excluding carboxylic acids is 1. The van der Waals surface area contributed by atoms with Gasteiger partial charge in [0.15, 0.2) is 11.5 Å². The third-order valence-corrected chi connectivity index (χ3v) is 8.12. The molecule has 2 spiro atoms. The molecule has 0 radical (unpaired) electrons. The number of guanidine groups is 1. The molecule has 1 unspecified atom stereocenters. The Morgan fingerprint density at radius 3 is 2.71 bits per heavy atom. The van der Waals surface area contributed by atoms with Crippen molar-refractivity contribution < 1.29 is 9.53 Å². The van der Waals surface area contributed by atoms with E-state index >= 15 is 0 Å². The van der Waals surface area contributed by atoms with Gasteiger partial charge in [-0.15, -0.1) is 0 Å². The van der Waals surface area contributed by atoms with E-state index in [1.54, 1.807) is 24.4 Å². The first-order valence-corrected chi connectivity index (χ1v) is 12.2. The number of hydrogen-bond acceptors (Lipinski definition) is 6. The van der Waals surface area contributed by atoms with Crippen LogP contribution in [-0.4, -0.2) is 40.2 Å². The molecule has 0 bridgehead atoms. The van der Waals surface area contributed by atoms with Crippen molar-refractivity contribution in [3.05, 3.63) is 58.9 Å². The third-order valence-electron chi connectivity index (χ3n) is 8.12. The van der Waals surface area contributed by atoms with E-state index in [1.165, 1.54) is 18.4 Å². The summed E-state index contributed by atoms with van der Waals surface area (Å²) in [5.41, 5.74) is 9.16. The smallest absolute Gasteiger partial charge is 0.262 e. The van der Waals surface area contributed by atoms with Crippen molar-refractivity contribution in [1.29, 1.82) is 0 Å². The van der Waals surface area contributed by atoms with Gasteiger partial charge in [-0.05, 0) is 79.8 Å². The summed E-state index contributed by atoms with van der Waals surface area (Å²) in [5.74, 6) is 7.45. The first kappa shape index (κ1) is 21.3. The van der Waals surface area contributed by atoms with Crippen LogP contribution in [0.1, 0.15) is 60.8 Å². The van der Waals surface area contributed by atoms with Crippen molar-refractivity contribution in [3.8, 4) is 11.8 Å². The average Bonchev–Trinajstić information content (AvgIpc) is 3.62. The summed E-state index contributed by atoms with van der Waals surface area (Å²) < 4.78 is 5.66. The molecule has 174 valence electrons. The number of amides is 1. The lowest BCUT2D eigenvalue weighted by atomic mass is 9.61. The molecular formula is C27H29N5O2. The fraction of sp³-hybridized carbons (Fsp3) is 0.481. The van der Waals surface area contributed by atoms with E-state index in [-0.39, 0.29) is 23.4 Å². The zero-order chi connectivity index (χ0) is 23.3. The number of aliphatic imine (C=N–C) groups is 1. The molecular weight excluding hydrogens is 426 g/mol. The van der Waals surface area contributed by atoms with E-state index in [1.807, 2.05) is 6.07 Å². The standard InChI is InChI=1S/C27H29N5O2/c1-34-22-8-11-26(12-9-22)15-21-7-6-19(5-4-18-2-3-18)14-23(21)27(26)24(33)32(25(28)31-27)17-20-10-13-29-30-16-20/h6-7,10,13-14,16,18,22H,2-3,8-9,11-12,15,17H2,1H3,(H2,28,31). The van der Waals surface area contributed by atoms with Gasteiger partial charge in [0.05, 0.1) is 18.8 Å². The lowest BCUT2D eigenvalue weighted by molar-refractivity contribution is -0.138. The molecule has 0 saturated heterocycles. The van der Waals surface area contributed by atoms with Gasteiger partial charge in [-0.25, -0.2) is 4.99 Å². The molecule has 34 heavy (non-hydrogen) atoms. The topological polar surface area (TPSA) is 93.7 Å². The highest BCUT2D eigenvalue weighted by atomic mass is 16.5. The van der Waals surface area contributed by atoms with Gasteiger partial charge in [-0.3, -0.25) is 9.69 Å². The Bertz CT molecular complexity index is 1220. The van der Waals surface area contributed by atoms with Gasteiger partial charge in [0.1, 0.15) is 0 Å². The number of nitrogens with zero attached hydrogens (tertiary/aromatic N) is 4. The molecule has 2 fully saturated rings. The Morgan fingerprint density at radius 2 is 2.00 bits per heavy atom. The Balaban J connectivity index is 1.44. The molecule has 1 aromatic heterocycles. The van der Waals surface area contributed by atoms with Gasteiger partial charge in [0.25, 0.3) is 5.91 Å². The van der Waals surface area contributed by atoms with Crippen LogP contribution >= 0.6 is 0 Å². The van der Waals surface area contributed by atoms with Crippen LogP contribution in [0.4, 0.5) is 0 Å². The third kappa shape index (κ3) is 3.24. The van der Waals surface area contributed by atoms with E-state index < -0.39 is 5.54 Å². The second-order valence-electron chi connectivity index (χ2n) is 10.1. The molecule has 3 aliphatic carbocycles. The van der Waals surface area contributed by atoms with Gasteiger partial charge in [-0.2, -0.15) is 10.2 Å². The lowest BCUT2D eigenvalue weighted by Crippen LogP contribution is -2.52. The second-order valence-corrected chi connectivity index (χ2v) is 10.1. The van der Waals surface area contributed by atoms with Crippen LogP contribution in [0.15, 0.2) is 41.7 Å². The fourth-order valence-corrected chi connectivity index (χ4v) is 6.10. The number of benzene rings is 1. The van der Waals surface area contributed by atoms with Gasteiger partial charge < -0.3 is 10.5 Å². The van der Waals surface area contributed by atoms with Crippen molar-refractivity contribution >= 4 is 11.9 Å². The van der Waals surface area contributed by atoms with Crippen LogP contribution in [0.2, 0.25) is 0 Å². The molecule has 1 aromatic carbocycles. The highest BCUT2D eigenvalue weighted by Gasteiger charge is 2.66. The van der Waals surface area contributed by atoms with Gasteiger partial charge in [0.2, 0.25) is 0 Å².